The fourth-order valence-corrected chi connectivity index (χ4v) is 5.54. The van der Waals surface area contributed by atoms with Crippen LogP contribution in [0.4, 0.5) is 0 Å². The van der Waals surface area contributed by atoms with E-state index in [2.05, 4.69) is 38.6 Å². The van der Waals surface area contributed by atoms with Gasteiger partial charge in [-0.1, -0.05) is 39.2 Å². The van der Waals surface area contributed by atoms with Crippen LogP contribution in [0.2, 0.25) is 0 Å². The van der Waals surface area contributed by atoms with Crippen LogP contribution in [0.5, 0.6) is 0 Å². The van der Waals surface area contributed by atoms with Gasteiger partial charge in [0, 0.05) is 50.4 Å². The van der Waals surface area contributed by atoms with Crippen molar-refractivity contribution >= 4 is 46.2 Å². The van der Waals surface area contributed by atoms with E-state index in [0.717, 1.165) is 38.5 Å². The largest absolute Gasteiger partial charge is 0.469 e. The summed E-state index contributed by atoms with van der Waals surface area (Å²) in [5, 5.41) is 0. The number of ether oxygens (including phenoxy) is 2. The van der Waals surface area contributed by atoms with Gasteiger partial charge in [0.1, 0.15) is 6.10 Å². The maximum atomic E-state index is 12.6. The molecule has 8 heteroatoms. The van der Waals surface area contributed by atoms with Crippen molar-refractivity contribution in [1.29, 1.82) is 0 Å². The van der Waals surface area contributed by atoms with Crippen LogP contribution in [-0.4, -0.2) is 37.0 Å². The SMILES string of the molecule is CCC#CC[C@H](C)C(=O)/C=C/[C@@H]1[C@@H](CCCCCCC(=O)OC)[C@@H](OC(C)=O)C[C@H]1OPI. The lowest BCUT2D eigenvalue weighted by atomic mass is 9.87. The lowest BCUT2D eigenvalue weighted by molar-refractivity contribution is -0.148. The standard InChI is InChI=1S/C25H38IO6P/c1-5-6-9-12-18(2)22(28)16-15-21-20(13-10-7-8-11-14-25(29)30-4)23(31-19(3)27)17-24(21)32-33-26/h15-16,18,20-21,23-24,33H,5,7-8,10-14,17H2,1-4H3/b16-15+/t18-,20+,21+,23-,24+/m0/s1. The Morgan fingerprint density at radius 1 is 1.15 bits per heavy atom. The van der Waals surface area contributed by atoms with Gasteiger partial charge in [-0.2, -0.15) is 0 Å². The zero-order valence-electron chi connectivity index (χ0n) is 20.2. The smallest absolute Gasteiger partial charge is 0.305 e. The number of ketones is 1. The highest BCUT2D eigenvalue weighted by atomic mass is 127. The van der Waals surface area contributed by atoms with Crippen LogP contribution < -0.4 is 0 Å². The molecule has 186 valence electrons. The number of esters is 2. The Morgan fingerprint density at radius 2 is 1.88 bits per heavy atom. The molecule has 1 fully saturated rings. The first kappa shape index (κ1) is 30.1. The summed E-state index contributed by atoms with van der Waals surface area (Å²) in [5.74, 6) is 5.63. The molecule has 0 bridgehead atoms. The molecule has 0 aromatic carbocycles. The van der Waals surface area contributed by atoms with Crippen LogP contribution in [0.1, 0.15) is 78.6 Å². The van der Waals surface area contributed by atoms with Gasteiger partial charge < -0.3 is 14.0 Å². The first-order valence-electron chi connectivity index (χ1n) is 11.8. The number of hydrogen-bond donors (Lipinski definition) is 0. The number of hydrogen-bond acceptors (Lipinski definition) is 6. The molecule has 0 radical (unpaired) electrons. The number of carbonyl (C=O) groups is 3. The van der Waals surface area contributed by atoms with Gasteiger partial charge in [-0.05, 0) is 41.0 Å². The zero-order chi connectivity index (χ0) is 24.6. The van der Waals surface area contributed by atoms with Gasteiger partial charge >= 0.3 is 11.9 Å². The summed E-state index contributed by atoms with van der Waals surface area (Å²) in [7, 11) is 1.41. The Balaban J connectivity index is 2.82. The molecule has 6 nitrogen and oxygen atoms in total. The molecule has 6 atom stereocenters. The number of unbranched alkanes of at least 4 members (excludes halogenated alkanes) is 3. The quantitative estimate of drug-likeness (QED) is 0.0619. The number of halogens is 1. The van der Waals surface area contributed by atoms with Crippen LogP contribution in [0.3, 0.4) is 0 Å². The molecule has 33 heavy (non-hydrogen) atoms. The zero-order valence-corrected chi connectivity index (χ0v) is 23.4. The third kappa shape index (κ3) is 11.8. The molecule has 0 N–H and O–H groups in total. The average Bonchev–Trinajstić information content (AvgIpc) is 3.09. The third-order valence-electron chi connectivity index (χ3n) is 5.95. The number of methoxy groups -OCH3 is 1. The van der Waals surface area contributed by atoms with E-state index in [4.69, 9.17) is 9.26 Å². The van der Waals surface area contributed by atoms with Gasteiger partial charge in [0.25, 0.3) is 0 Å². The predicted molar refractivity (Wildman–Crippen MR) is 140 cm³/mol. The van der Waals surface area contributed by atoms with Crippen LogP contribution in [0.15, 0.2) is 12.2 Å². The van der Waals surface area contributed by atoms with E-state index in [1.54, 1.807) is 6.08 Å². The van der Waals surface area contributed by atoms with Crippen molar-refractivity contribution in [2.24, 2.45) is 17.8 Å². The Labute approximate surface area is 213 Å². The molecule has 0 aromatic rings. The lowest BCUT2D eigenvalue weighted by Crippen LogP contribution is -2.24. The van der Waals surface area contributed by atoms with E-state index >= 15 is 0 Å². The first-order chi connectivity index (χ1) is 15.8. The van der Waals surface area contributed by atoms with Crippen molar-refractivity contribution in [3.05, 3.63) is 12.2 Å². The van der Waals surface area contributed by atoms with Crippen LogP contribution >= 0.6 is 28.5 Å². The minimum absolute atomic E-state index is 0.0181. The Bertz CT molecular complexity index is 713. The number of carbonyl (C=O) groups excluding carboxylic acids is 3. The summed E-state index contributed by atoms with van der Waals surface area (Å²) in [6.45, 7) is 5.63. The summed E-state index contributed by atoms with van der Waals surface area (Å²) < 4.78 is 16.3. The van der Waals surface area contributed by atoms with E-state index in [-0.39, 0.29) is 47.7 Å². The predicted octanol–water partition coefficient (Wildman–Crippen LogP) is 5.96. The van der Waals surface area contributed by atoms with Crippen molar-refractivity contribution in [3.8, 4) is 11.8 Å². The minimum atomic E-state index is -0.289. The highest BCUT2D eigenvalue weighted by Crippen LogP contribution is 2.44. The Morgan fingerprint density at radius 3 is 2.52 bits per heavy atom. The topological polar surface area (TPSA) is 78.9 Å². The Hall–Kier alpha value is -0.970. The normalized spacial score (nSPS) is 23.4. The monoisotopic (exact) mass is 592 g/mol. The summed E-state index contributed by atoms with van der Waals surface area (Å²) in [4.78, 5) is 35.6. The van der Waals surface area contributed by atoms with E-state index < -0.39 is 0 Å². The molecule has 0 saturated heterocycles. The van der Waals surface area contributed by atoms with E-state index in [9.17, 15) is 14.4 Å². The van der Waals surface area contributed by atoms with Gasteiger partial charge in [-0.15, -0.1) is 11.8 Å². The van der Waals surface area contributed by atoms with Gasteiger partial charge in [0.05, 0.1) is 19.7 Å². The molecule has 0 heterocycles. The molecular weight excluding hydrogens is 554 g/mol. The van der Waals surface area contributed by atoms with Gasteiger partial charge in [0.2, 0.25) is 0 Å². The number of rotatable bonds is 14. The van der Waals surface area contributed by atoms with Crippen molar-refractivity contribution in [1.82, 2.24) is 0 Å². The highest BCUT2D eigenvalue weighted by molar-refractivity contribution is 14.2. The molecule has 0 aliphatic heterocycles. The maximum Gasteiger partial charge on any atom is 0.305 e. The van der Waals surface area contributed by atoms with Gasteiger partial charge in [0.15, 0.2) is 5.78 Å². The molecule has 0 spiro atoms. The second-order valence-electron chi connectivity index (χ2n) is 8.46. The molecule has 0 amide bonds. The molecular formula is C25H38IO6P. The maximum absolute atomic E-state index is 12.6. The molecule has 1 aliphatic carbocycles. The van der Waals surface area contributed by atoms with Crippen molar-refractivity contribution in [2.45, 2.75) is 90.8 Å². The summed E-state index contributed by atoms with van der Waals surface area (Å²) >= 11 is 2.20. The van der Waals surface area contributed by atoms with Gasteiger partial charge in [-0.25, -0.2) is 0 Å². The first-order valence-corrected chi connectivity index (χ1v) is 15.8. The van der Waals surface area contributed by atoms with Gasteiger partial charge in [-0.3, -0.25) is 14.4 Å². The molecule has 1 aliphatic rings. The summed E-state index contributed by atoms with van der Waals surface area (Å²) in [6, 6.07) is 0. The Kier molecular flexibility index (Phi) is 15.9. The van der Waals surface area contributed by atoms with Crippen molar-refractivity contribution in [3.63, 3.8) is 0 Å². The van der Waals surface area contributed by atoms with E-state index in [0.29, 0.717) is 25.7 Å². The fraction of sp³-hybridized carbons (Fsp3) is 0.720. The summed E-state index contributed by atoms with van der Waals surface area (Å²) in [5.41, 5.74) is 0. The van der Waals surface area contributed by atoms with Crippen LogP contribution in [0.25, 0.3) is 0 Å². The van der Waals surface area contributed by atoms with Crippen molar-refractivity contribution in [2.75, 3.05) is 7.11 Å². The molecule has 0 aromatic heterocycles. The average molecular weight is 592 g/mol. The molecule has 1 saturated carbocycles. The number of allylic oxidation sites excluding steroid dienone is 1. The minimum Gasteiger partial charge on any atom is -0.469 e. The summed E-state index contributed by atoms with van der Waals surface area (Å²) in [6.07, 6.45) is 10.4. The third-order valence-corrected chi connectivity index (χ3v) is 7.11. The molecule has 1 rings (SSSR count). The van der Waals surface area contributed by atoms with Crippen LogP contribution in [0, 0.1) is 29.6 Å². The second-order valence-corrected chi connectivity index (χ2v) is 10.2. The second kappa shape index (κ2) is 17.5. The highest BCUT2D eigenvalue weighted by Gasteiger charge is 2.44. The van der Waals surface area contributed by atoms with E-state index in [1.165, 1.54) is 14.0 Å². The van der Waals surface area contributed by atoms with E-state index in [1.807, 2.05) is 19.9 Å². The van der Waals surface area contributed by atoms with Crippen LogP contribution in [-0.2, 0) is 28.4 Å². The molecule has 1 unspecified atom stereocenters. The fourth-order valence-electron chi connectivity index (χ4n) is 4.19. The lowest BCUT2D eigenvalue weighted by Gasteiger charge is -2.24. The van der Waals surface area contributed by atoms with Crippen molar-refractivity contribution < 1.29 is 28.4 Å².